The van der Waals surface area contributed by atoms with Gasteiger partial charge in [-0.2, -0.15) is 0 Å². The van der Waals surface area contributed by atoms with Crippen molar-refractivity contribution < 1.29 is 4.74 Å². The zero-order chi connectivity index (χ0) is 15.0. The molecule has 126 valence electrons. The summed E-state index contributed by atoms with van der Waals surface area (Å²) in [4.78, 5) is 0. The molecule has 2 heteroatoms. The summed E-state index contributed by atoms with van der Waals surface area (Å²) in [5.74, 6) is 0. The van der Waals surface area contributed by atoms with E-state index in [1.807, 2.05) is 0 Å². The van der Waals surface area contributed by atoms with Gasteiger partial charge in [0.1, 0.15) is 0 Å². The van der Waals surface area contributed by atoms with Crippen molar-refractivity contribution in [2.75, 3.05) is 19.7 Å². The molecule has 0 radical (unpaired) electrons. The van der Waals surface area contributed by atoms with E-state index < -0.39 is 0 Å². The smallest absolute Gasteiger partial charge is 0.0575 e. The van der Waals surface area contributed by atoms with Gasteiger partial charge in [-0.05, 0) is 38.8 Å². The average molecular weight is 298 g/mol. The number of hydrogen-bond donors (Lipinski definition) is 1. The molecule has 1 fully saturated rings. The summed E-state index contributed by atoms with van der Waals surface area (Å²) < 4.78 is 5.93. The van der Waals surface area contributed by atoms with E-state index in [0.717, 1.165) is 13.2 Å². The van der Waals surface area contributed by atoms with Crippen molar-refractivity contribution in [2.24, 2.45) is 0 Å². The lowest BCUT2D eigenvalue weighted by Gasteiger charge is -2.21. The molecule has 1 saturated carbocycles. The first-order chi connectivity index (χ1) is 10.4. The predicted molar refractivity (Wildman–Crippen MR) is 92.9 cm³/mol. The van der Waals surface area contributed by atoms with Crippen LogP contribution in [0.15, 0.2) is 0 Å². The fourth-order valence-corrected chi connectivity index (χ4v) is 3.19. The van der Waals surface area contributed by atoms with Crippen molar-refractivity contribution >= 4 is 0 Å². The van der Waals surface area contributed by atoms with Crippen LogP contribution >= 0.6 is 0 Å². The van der Waals surface area contributed by atoms with Crippen LogP contribution in [0.1, 0.15) is 96.8 Å². The molecule has 0 saturated heterocycles. The van der Waals surface area contributed by atoms with Gasteiger partial charge in [0.15, 0.2) is 0 Å². The van der Waals surface area contributed by atoms with Crippen molar-refractivity contribution in [2.45, 2.75) is 103 Å². The molecular formula is C19H39NO. The molecule has 0 spiro atoms. The summed E-state index contributed by atoms with van der Waals surface area (Å²) in [7, 11) is 0. The Bertz CT molecular complexity index is 202. The second kappa shape index (κ2) is 14.8. The van der Waals surface area contributed by atoms with Crippen LogP contribution in [0.4, 0.5) is 0 Å². The molecule has 0 aromatic carbocycles. The van der Waals surface area contributed by atoms with Crippen LogP contribution in [-0.4, -0.2) is 25.8 Å². The lowest BCUT2D eigenvalue weighted by Crippen LogP contribution is -2.21. The van der Waals surface area contributed by atoms with Gasteiger partial charge in [-0.1, -0.05) is 71.1 Å². The van der Waals surface area contributed by atoms with Crippen LogP contribution in [0.25, 0.3) is 0 Å². The minimum atomic E-state index is 0.575. The Morgan fingerprint density at radius 3 is 2.10 bits per heavy atom. The quantitative estimate of drug-likeness (QED) is 0.430. The van der Waals surface area contributed by atoms with Gasteiger partial charge in [-0.25, -0.2) is 0 Å². The number of rotatable bonds is 14. The molecule has 0 aromatic rings. The third-order valence-corrected chi connectivity index (χ3v) is 4.61. The van der Waals surface area contributed by atoms with Gasteiger partial charge in [-0.3, -0.25) is 0 Å². The van der Waals surface area contributed by atoms with E-state index >= 15 is 0 Å². The van der Waals surface area contributed by atoms with Gasteiger partial charge in [-0.15, -0.1) is 0 Å². The van der Waals surface area contributed by atoms with E-state index in [-0.39, 0.29) is 0 Å². The Balaban J connectivity index is 1.69. The maximum atomic E-state index is 5.93. The molecule has 0 bridgehead atoms. The van der Waals surface area contributed by atoms with Crippen LogP contribution in [0.2, 0.25) is 0 Å². The maximum absolute atomic E-state index is 5.93. The monoisotopic (exact) mass is 297 g/mol. The molecule has 2 nitrogen and oxygen atoms in total. The van der Waals surface area contributed by atoms with E-state index in [1.165, 1.54) is 96.4 Å². The van der Waals surface area contributed by atoms with Crippen LogP contribution in [0.5, 0.6) is 0 Å². The third kappa shape index (κ3) is 12.2. The topological polar surface area (TPSA) is 21.3 Å². The number of hydrogen-bond acceptors (Lipinski definition) is 2. The Labute approximate surface area is 133 Å². The average Bonchev–Trinajstić information content (AvgIpc) is 2.53. The molecule has 21 heavy (non-hydrogen) atoms. The Morgan fingerprint density at radius 2 is 1.38 bits per heavy atom. The molecular weight excluding hydrogens is 258 g/mol. The minimum Gasteiger partial charge on any atom is -0.378 e. The second-order valence-electron chi connectivity index (χ2n) is 6.71. The summed E-state index contributed by atoms with van der Waals surface area (Å²) in [5, 5.41) is 3.55. The summed E-state index contributed by atoms with van der Waals surface area (Å²) in [6.07, 6.45) is 19.8. The Hall–Kier alpha value is -0.0800. The van der Waals surface area contributed by atoms with E-state index in [4.69, 9.17) is 4.74 Å². The lowest BCUT2D eigenvalue weighted by molar-refractivity contribution is 0.0273. The van der Waals surface area contributed by atoms with Crippen molar-refractivity contribution in [3.8, 4) is 0 Å². The highest BCUT2D eigenvalue weighted by Crippen LogP contribution is 2.20. The van der Waals surface area contributed by atoms with Crippen LogP contribution < -0.4 is 5.32 Å². The highest BCUT2D eigenvalue weighted by atomic mass is 16.5. The van der Waals surface area contributed by atoms with Crippen molar-refractivity contribution in [3.63, 3.8) is 0 Å². The molecule has 1 aliphatic rings. The van der Waals surface area contributed by atoms with Crippen molar-refractivity contribution in [3.05, 3.63) is 0 Å². The standard InChI is InChI=1S/C19H39NO/c1-2-3-4-5-6-7-8-12-16-20-17-13-18-21-19-14-10-9-11-15-19/h19-20H,2-18H2,1H3. The predicted octanol–water partition coefficient (Wildman–Crippen LogP) is 5.46. The molecule has 1 rings (SSSR count). The van der Waals surface area contributed by atoms with Crippen LogP contribution in [-0.2, 0) is 4.74 Å². The van der Waals surface area contributed by atoms with Gasteiger partial charge < -0.3 is 10.1 Å². The minimum absolute atomic E-state index is 0.575. The molecule has 0 heterocycles. The zero-order valence-electron chi connectivity index (χ0n) is 14.5. The molecule has 1 aliphatic carbocycles. The van der Waals surface area contributed by atoms with Gasteiger partial charge in [0.25, 0.3) is 0 Å². The molecule has 0 aromatic heterocycles. The molecule has 0 aliphatic heterocycles. The van der Waals surface area contributed by atoms with Gasteiger partial charge in [0.05, 0.1) is 6.10 Å². The molecule has 0 unspecified atom stereocenters. The number of ether oxygens (including phenoxy) is 1. The first-order valence-corrected chi connectivity index (χ1v) is 9.76. The fraction of sp³-hybridized carbons (Fsp3) is 1.00. The van der Waals surface area contributed by atoms with Crippen LogP contribution in [0.3, 0.4) is 0 Å². The SMILES string of the molecule is CCCCCCCCCCNCCCOC1CCCCC1. The second-order valence-corrected chi connectivity index (χ2v) is 6.71. The van der Waals surface area contributed by atoms with Crippen molar-refractivity contribution in [1.82, 2.24) is 5.32 Å². The first kappa shape index (κ1) is 19.0. The van der Waals surface area contributed by atoms with Gasteiger partial charge in [0, 0.05) is 6.61 Å². The largest absolute Gasteiger partial charge is 0.378 e. The van der Waals surface area contributed by atoms with E-state index in [0.29, 0.717) is 6.10 Å². The van der Waals surface area contributed by atoms with E-state index in [9.17, 15) is 0 Å². The van der Waals surface area contributed by atoms with E-state index in [2.05, 4.69) is 12.2 Å². The summed E-state index contributed by atoms with van der Waals surface area (Å²) in [5.41, 5.74) is 0. The molecule has 1 N–H and O–H groups in total. The number of unbranched alkanes of at least 4 members (excludes halogenated alkanes) is 7. The van der Waals surface area contributed by atoms with Gasteiger partial charge >= 0.3 is 0 Å². The molecule has 0 amide bonds. The van der Waals surface area contributed by atoms with Gasteiger partial charge in [0.2, 0.25) is 0 Å². The highest BCUT2D eigenvalue weighted by Gasteiger charge is 2.12. The van der Waals surface area contributed by atoms with Crippen LogP contribution in [0, 0.1) is 0 Å². The summed E-state index contributed by atoms with van der Waals surface area (Å²) in [6.45, 7) is 5.56. The summed E-state index contributed by atoms with van der Waals surface area (Å²) in [6, 6.07) is 0. The fourth-order valence-electron chi connectivity index (χ4n) is 3.19. The first-order valence-electron chi connectivity index (χ1n) is 9.76. The lowest BCUT2D eigenvalue weighted by atomic mass is 9.98. The van der Waals surface area contributed by atoms with E-state index in [1.54, 1.807) is 0 Å². The number of nitrogens with one attached hydrogen (secondary N) is 1. The molecule has 0 atom stereocenters. The zero-order valence-corrected chi connectivity index (χ0v) is 14.5. The third-order valence-electron chi connectivity index (χ3n) is 4.61. The van der Waals surface area contributed by atoms with Crippen molar-refractivity contribution in [1.29, 1.82) is 0 Å². The Morgan fingerprint density at radius 1 is 0.762 bits per heavy atom. The maximum Gasteiger partial charge on any atom is 0.0575 e. The Kier molecular flexibility index (Phi) is 13.4. The highest BCUT2D eigenvalue weighted by molar-refractivity contribution is 4.65. The normalized spacial score (nSPS) is 16.4. The summed E-state index contributed by atoms with van der Waals surface area (Å²) >= 11 is 0.